The molecule has 0 fully saturated rings. The van der Waals surface area contributed by atoms with E-state index in [1.54, 1.807) is 24.1 Å². The van der Waals surface area contributed by atoms with E-state index in [4.69, 9.17) is 17.3 Å². The first-order chi connectivity index (χ1) is 7.57. The molecule has 0 aliphatic rings. The number of nitrogens with zero attached hydrogens (tertiary/aromatic N) is 2. The highest BCUT2D eigenvalue weighted by molar-refractivity contribution is 6.33. The Morgan fingerprint density at radius 2 is 2.25 bits per heavy atom. The number of para-hydroxylation sites is 1. The number of hydrogen-bond acceptors (Lipinski definition) is 4. The summed E-state index contributed by atoms with van der Waals surface area (Å²) in [7, 11) is 1.77. The second kappa shape index (κ2) is 5.67. The monoisotopic (exact) mass is 243 g/mol. The third-order valence-corrected chi connectivity index (χ3v) is 2.55. The van der Waals surface area contributed by atoms with Gasteiger partial charge in [0.05, 0.1) is 9.95 Å². The van der Waals surface area contributed by atoms with Crippen molar-refractivity contribution < 1.29 is 4.92 Å². The Labute approximate surface area is 98.9 Å². The fourth-order valence-corrected chi connectivity index (χ4v) is 1.78. The molecule has 5 nitrogen and oxygen atoms in total. The van der Waals surface area contributed by atoms with Gasteiger partial charge < -0.3 is 10.6 Å². The fourth-order valence-electron chi connectivity index (χ4n) is 1.47. The van der Waals surface area contributed by atoms with Crippen molar-refractivity contribution in [1.82, 2.24) is 0 Å². The average Bonchev–Trinajstić information content (AvgIpc) is 2.25. The Morgan fingerprint density at radius 1 is 1.56 bits per heavy atom. The number of nitro groups is 1. The van der Waals surface area contributed by atoms with E-state index in [1.807, 2.05) is 0 Å². The molecule has 0 amide bonds. The lowest BCUT2D eigenvalue weighted by molar-refractivity contribution is -0.384. The van der Waals surface area contributed by atoms with Crippen LogP contribution in [-0.2, 0) is 0 Å². The van der Waals surface area contributed by atoms with Crippen LogP contribution in [0.3, 0.4) is 0 Å². The van der Waals surface area contributed by atoms with E-state index < -0.39 is 4.92 Å². The summed E-state index contributed by atoms with van der Waals surface area (Å²) in [6.45, 7) is 1.18. The lowest BCUT2D eigenvalue weighted by Crippen LogP contribution is -2.22. The van der Waals surface area contributed by atoms with Crippen molar-refractivity contribution in [3.05, 3.63) is 33.3 Å². The van der Waals surface area contributed by atoms with Gasteiger partial charge >= 0.3 is 0 Å². The van der Waals surface area contributed by atoms with E-state index in [2.05, 4.69) is 0 Å². The van der Waals surface area contributed by atoms with Crippen molar-refractivity contribution >= 4 is 23.0 Å². The van der Waals surface area contributed by atoms with Gasteiger partial charge in [0, 0.05) is 19.7 Å². The molecule has 0 saturated carbocycles. The smallest absolute Gasteiger partial charge is 0.294 e. The van der Waals surface area contributed by atoms with Gasteiger partial charge in [-0.25, -0.2) is 0 Å². The molecule has 16 heavy (non-hydrogen) atoms. The van der Waals surface area contributed by atoms with Gasteiger partial charge in [0.1, 0.15) is 5.69 Å². The van der Waals surface area contributed by atoms with Crippen LogP contribution < -0.4 is 10.6 Å². The quantitative estimate of drug-likeness (QED) is 0.634. The van der Waals surface area contributed by atoms with E-state index in [-0.39, 0.29) is 5.69 Å². The Morgan fingerprint density at radius 3 is 2.81 bits per heavy atom. The zero-order valence-electron chi connectivity index (χ0n) is 9.02. The molecule has 1 aromatic rings. The summed E-state index contributed by atoms with van der Waals surface area (Å²) < 4.78 is 0. The lowest BCUT2D eigenvalue weighted by atomic mass is 10.2. The molecule has 2 N–H and O–H groups in total. The summed E-state index contributed by atoms with van der Waals surface area (Å²) >= 11 is 5.97. The highest BCUT2D eigenvalue weighted by Gasteiger charge is 2.19. The van der Waals surface area contributed by atoms with Gasteiger partial charge in [-0.3, -0.25) is 10.1 Å². The van der Waals surface area contributed by atoms with Gasteiger partial charge in [-0.15, -0.1) is 0 Å². The highest BCUT2D eigenvalue weighted by Crippen LogP contribution is 2.34. The van der Waals surface area contributed by atoms with Crippen molar-refractivity contribution in [3.8, 4) is 0 Å². The molecule has 1 aromatic carbocycles. The van der Waals surface area contributed by atoms with Crippen molar-refractivity contribution in [2.75, 3.05) is 25.0 Å². The summed E-state index contributed by atoms with van der Waals surface area (Å²) in [5, 5.41) is 11.2. The van der Waals surface area contributed by atoms with E-state index in [0.717, 1.165) is 6.42 Å². The first kappa shape index (κ1) is 12.7. The van der Waals surface area contributed by atoms with Crippen molar-refractivity contribution in [2.24, 2.45) is 5.73 Å². The molecule has 0 unspecified atom stereocenters. The van der Waals surface area contributed by atoms with Gasteiger partial charge in [0.2, 0.25) is 0 Å². The summed E-state index contributed by atoms with van der Waals surface area (Å²) in [6.07, 6.45) is 0.763. The van der Waals surface area contributed by atoms with Crippen molar-refractivity contribution in [1.29, 1.82) is 0 Å². The standard InChI is InChI=1S/C10H14ClN3O2/c1-13(7-3-6-12)10-8(11)4-2-5-9(10)14(15)16/h2,4-5H,3,6-7,12H2,1H3. The van der Waals surface area contributed by atoms with Crippen LogP contribution in [0.15, 0.2) is 18.2 Å². The molecule has 0 spiro atoms. The van der Waals surface area contributed by atoms with E-state index in [9.17, 15) is 10.1 Å². The molecule has 0 radical (unpaired) electrons. The number of rotatable bonds is 5. The number of halogens is 1. The molecule has 6 heteroatoms. The molecular weight excluding hydrogens is 230 g/mol. The Hall–Kier alpha value is -1.33. The molecule has 0 aromatic heterocycles. The van der Waals surface area contributed by atoms with Crippen LogP contribution in [0.5, 0.6) is 0 Å². The predicted molar refractivity (Wildman–Crippen MR) is 65.0 cm³/mol. The minimum atomic E-state index is -0.430. The maximum atomic E-state index is 10.8. The summed E-state index contributed by atoms with van der Waals surface area (Å²) in [6, 6.07) is 4.66. The maximum absolute atomic E-state index is 10.8. The Kier molecular flexibility index (Phi) is 4.52. The molecule has 0 aliphatic carbocycles. The second-order valence-corrected chi connectivity index (χ2v) is 3.84. The minimum absolute atomic E-state index is 0.0204. The van der Waals surface area contributed by atoms with Gasteiger partial charge in [-0.05, 0) is 19.0 Å². The number of nitro benzene ring substituents is 1. The third kappa shape index (κ3) is 2.84. The number of nitrogens with two attached hydrogens (primary N) is 1. The van der Waals surface area contributed by atoms with Gasteiger partial charge in [-0.2, -0.15) is 0 Å². The zero-order chi connectivity index (χ0) is 12.1. The van der Waals surface area contributed by atoms with Gasteiger partial charge in [0.25, 0.3) is 5.69 Å². The molecule has 88 valence electrons. The average molecular weight is 244 g/mol. The topological polar surface area (TPSA) is 72.4 Å². The minimum Gasteiger partial charge on any atom is -0.368 e. The summed E-state index contributed by atoms with van der Waals surface area (Å²) in [4.78, 5) is 12.2. The lowest BCUT2D eigenvalue weighted by Gasteiger charge is -2.19. The van der Waals surface area contributed by atoms with Crippen LogP contribution in [0.4, 0.5) is 11.4 Å². The predicted octanol–water partition coefficient (Wildman–Crippen LogP) is 2.03. The largest absolute Gasteiger partial charge is 0.368 e. The summed E-state index contributed by atoms with van der Waals surface area (Å²) in [5.74, 6) is 0. The van der Waals surface area contributed by atoms with Crippen LogP contribution in [-0.4, -0.2) is 25.1 Å². The van der Waals surface area contributed by atoms with Crippen LogP contribution in [0.25, 0.3) is 0 Å². The SMILES string of the molecule is CN(CCCN)c1c(Cl)cccc1[N+](=O)[O-]. The molecule has 0 bridgehead atoms. The third-order valence-electron chi connectivity index (χ3n) is 2.24. The van der Waals surface area contributed by atoms with Crippen molar-refractivity contribution in [3.63, 3.8) is 0 Å². The molecule has 1 rings (SSSR count). The van der Waals surface area contributed by atoms with E-state index in [0.29, 0.717) is 23.8 Å². The number of benzene rings is 1. The maximum Gasteiger partial charge on any atom is 0.294 e. The molecular formula is C10H14ClN3O2. The van der Waals surface area contributed by atoms with E-state index in [1.165, 1.54) is 6.07 Å². The Bertz CT molecular complexity index is 384. The summed E-state index contributed by atoms with van der Waals surface area (Å²) in [5.41, 5.74) is 5.86. The van der Waals surface area contributed by atoms with Crippen LogP contribution in [0.1, 0.15) is 6.42 Å². The van der Waals surface area contributed by atoms with Gasteiger partial charge in [-0.1, -0.05) is 17.7 Å². The molecule has 0 atom stereocenters. The van der Waals surface area contributed by atoms with Crippen LogP contribution >= 0.6 is 11.6 Å². The fraction of sp³-hybridized carbons (Fsp3) is 0.400. The normalized spacial score (nSPS) is 10.2. The van der Waals surface area contributed by atoms with Gasteiger partial charge in [0.15, 0.2) is 0 Å². The first-order valence-electron chi connectivity index (χ1n) is 4.92. The van der Waals surface area contributed by atoms with E-state index >= 15 is 0 Å². The highest BCUT2D eigenvalue weighted by atomic mass is 35.5. The first-order valence-corrected chi connectivity index (χ1v) is 5.30. The number of anilines is 1. The number of hydrogen-bond donors (Lipinski definition) is 1. The zero-order valence-corrected chi connectivity index (χ0v) is 9.78. The van der Waals surface area contributed by atoms with Crippen LogP contribution in [0.2, 0.25) is 5.02 Å². The molecule has 0 aliphatic heterocycles. The van der Waals surface area contributed by atoms with Crippen molar-refractivity contribution in [2.45, 2.75) is 6.42 Å². The van der Waals surface area contributed by atoms with Crippen LogP contribution in [0, 0.1) is 10.1 Å². The molecule has 0 saturated heterocycles. The Balaban J connectivity index is 3.04. The second-order valence-electron chi connectivity index (χ2n) is 3.43. The molecule has 0 heterocycles.